The van der Waals surface area contributed by atoms with Crippen molar-refractivity contribution in [2.45, 2.75) is 6.42 Å². The summed E-state index contributed by atoms with van der Waals surface area (Å²) in [7, 11) is 0. The van der Waals surface area contributed by atoms with E-state index in [9.17, 15) is 0 Å². The Labute approximate surface area is 243 Å². The van der Waals surface area contributed by atoms with Crippen molar-refractivity contribution in [3.63, 3.8) is 0 Å². The molecule has 0 fully saturated rings. The standard InChI is InChI=1S/C33H20N4O2S2/c40-32-20-11-3-7-15-26(20)36-30(38-32)28-22(18-9-1-5-13-24(18)34-28)17-23-19-10-2-6-14-25(19)35-29(23)31-37-27-16-8-4-12-21(27)33(41)39-31/h1-16,34-35H,17H2. The number of nitrogens with one attached hydrogen (secondary N) is 2. The smallest absolute Gasteiger partial charge is 0.245 e. The number of aromatic amines is 2. The van der Waals surface area contributed by atoms with Gasteiger partial charge in [-0.15, -0.1) is 0 Å². The molecule has 0 aliphatic carbocycles. The van der Waals surface area contributed by atoms with Gasteiger partial charge in [0.25, 0.3) is 0 Å². The summed E-state index contributed by atoms with van der Waals surface area (Å²) in [5, 5.41) is 3.77. The molecule has 0 unspecified atom stereocenters. The first-order valence-corrected chi connectivity index (χ1v) is 14.0. The molecule has 8 heteroatoms. The van der Waals surface area contributed by atoms with Crippen LogP contribution in [0.1, 0.15) is 11.1 Å². The first-order valence-electron chi connectivity index (χ1n) is 13.1. The van der Waals surface area contributed by atoms with E-state index < -0.39 is 0 Å². The molecule has 41 heavy (non-hydrogen) atoms. The molecule has 0 aliphatic rings. The van der Waals surface area contributed by atoms with Crippen LogP contribution in [-0.2, 0) is 6.42 Å². The van der Waals surface area contributed by atoms with Gasteiger partial charge in [-0.25, -0.2) is 9.97 Å². The summed E-state index contributed by atoms with van der Waals surface area (Å²) < 4.78 is 13.1. The Morgan fingerprint density at radius 1 is 0.512 bits per heavy atom. The maximum absolute atomic E-state index is 6.15. The van der Waals surface area contributed by atoms with E-state index in [1.807, 2.05) is 72.8 Å². The van der Waals surface area contributed by atoms with E-state index in [4.69, 9.17) is 43.2 Å². The topological polar surface area (TPSA) is 83.6 Å². The number of rotatable bonds is 4. The highest BCUT2D eigenvalue weighted by Gasteiger charge is 2.23. The van der Waals surface area contributed by atoms with Gasteiger partial charge in [0.05, 0.1) is 21.8 Å². The molecule has 0 aliphatic heterocycles. The molecular formula is C33H20N4O2S2. The fraction of sp³-hybridized carbons (Fsp3) is 0.0303. The van der Waals surface area contributed by atoms with Crippen molar-refractivity contribution in [1.29, 1.82) is 0 Å². The zero-order valence-corrected chi connectivity index (χ0v) is 23.1. The van der Waals surface area contributed by atoms with Crippen LogP contribution in [0.5, 0.6) is 0 Å². The Morgan fingerprint density at radius 3 is 1.37 bits per heavy atom. The summed E-state index contributed by atoms with van der Waals surface area (Å²) in [5.74, 6) is 0.894. The van der Waals surface area contributed by atoms with Crippen molar-refractivity contribution in [2.24, 2.45) is 0 Å². The zero-order valence-electron chi connectivity index (χ0n) is 21.5. The molecular weight excluding hydrogens is 549 g/mol. The lowest BCUT2D eigenvalue weighted by molar-refractivity contribution is 0.537. The predicted octanol–water partition coefficient (Wildman–Crippen LogP) is 9.32. The first kappa shape index (κ1) is 23.9. The highest BCUT2D eigenvalue weighted by atomic mass is 32.1. The minimum absolute atomic E-state index is 0.403. The van der Waals surface area contributed by atoms with Crippen LogP contribution in [-0.4, -0.2) is 19.9 Å². The SMILES string of the molecule is S=c1oc(-c2[nH]c3ccccc3c2Cc2c(-c3nc4ccccc4c(=S)o3)[nH]c3ccccc23)nc2ccccc12. The Balaban J connectivity index is 1.38. The van der Waals surface area contributed by atoms with Crippen molar-refractivity contribution < 1.29 is 8.83 Å². The van der Waals surface area contributed by atoms with E-state index in [1.54, 1.807) is 0 Å². The monoisotopic (exact) mass is 568 g/mol. The lowest BCUT2D eigenvalue weighted by atomic mass is 9.98. The van der Waals surface area contributed by atoms with Crippen LogP contribution in [0.25, 0.3) is 66.8 Å². The molecule has 4 heterocycles. The normalized spacial score (nSPS) is 11.7. The van der Waals surface area contributed by atoms with Gasteiger partial charge in [0.2, 0.25) is 21.2 Å². The zero-order chi connectivity index (χ0) is 27.5. The van der Waals surface area contributed by atoms with Crippen LogP contribution in [0, 0.1) is 9.41 Å². The van der Waals surface area contributed by atoms with Crippen molar-refractivity contribution >= 4 is 68.0 Å². The van der Waals surface area contributed by atoms with Crippen LogP contribution in [0.4, 0.5) is 0 Å². The number of H-pyrrole nitrogens is 2. The van der Waals surface area contributed by atoms with Gasteiger partial charge in [0, 0.05) is 28.2 Å². The molecule has 8 rings (SSSR count). The van der Waals surface area contributed by atoms with Gasteiger partial charge >= 0.3 is 0 Å². The van der Waals surface area contributed by atoms with E-state index in [1.165, 1.54) is 0 Å². The van der Waals surface area contributed by atoms with Crippen molar-refractivity contribution in [1.82, 2.24) is 19.9 Å². The van der Waals surface area contributed by atoms with Crippen LogP contribution in [0.2, 0.25) is 0 Å². The van der Waals surface area contributed by atoms with Gasteiger partial charge in [0.15, 0.2) is 0 Å². The van der Waals surface area contributed by atoms with Crippen molar-refractivity contribution in [3.8, 4) is 23.2 Å². The van der Waals surface area contributed by atoms with Crippen molar-refractivity contribution in [2.75, 3.05) is 0 Å². The van der Waals surface area contributed by atoms with Gasteiger partial charge in [-0.05, 0) is 72.0 Å². The average Bonchev–Trinajstić information content (AvgIpc) is 3.56. The molecule has 196 valence electrons. The number of hydrogen-bond donors (Lipinski definition) is 2. The average molecular weight is 569 g/mol. The second-order valence-electron chi connectivity index (χ2n) is 9.87. The second kappa shape index (κ2) is 9.33. The molecule has 0 spiro atoms. The van der Waals surface area contributed by atoms with Gasteiger partial charge in [-0.3, -0.25) is 0 Å². The van der Waals surface area contributed by atoms with Gasteiger partial charge < -0.3 is 18.8 Å². The van der Waals surface area contributed by atoms with Gasteiger partial charge in [-0.1, -0.05) is 60.7 Å². The summed E-state index contributed by atoms with van der Waals surface area (Å²) in [6, 6.07) is 31.9. The van der Waals surface area contributed by atoms with Crippen LogP contribution in [0.15, 0.2) is 106 Å². The third kappa shape index (κ3) is 3.91. The molecule has 2 N–H and O–H groups in total. The molecule has 4 aromatic heterocycles. The van der Waals surface area contributed by atoms with E-state index >= 15 is 0 Å². The third-order valence-corrected chi connectivity index (χ3v) is 8.09. The third-order valence-electron chi connectivity index (χ3n) is 7.48. The number of fused-ring (bicyclic) bond motifs is 4. The number of hydrogen-bond acceptors (Lipinski definition) is 6. The summed E-state index contributed by atoms with van der Waals surface area (Å²) >= 11 is 11.2. The second-order valence-corrected chi connectivity index (χ2v) is 10.6. The maximum Gasteiger partial charge on any atom is 0.245 e. The Bertz CT molecular complexity index is 2250. The minimum atomic E-state index is 0.403. The molecule has 0 atom stereocenters. The molecule has 8 aromatic rings. The van der Waals surface area contributed by atoms with Crippen LogP contribution < -0.4 is 0 Å². The molecule has 4 aromatic carbocycles. The quantitative estimate of drug-likeness (QED) is 0.206. The van der Waals surface area contributed by atoms with Crippen molar-refractivity contribution in [3.05, 3.63) is 118 Å². The molecule has 0 amide bonds. The lowest BCUT2D eigenvalue weighted by Gasteiger charge is -2.08. The Kier molecular flexibility index (Phi) is 5.44. The first-order chi connectivity index (χ1) is 20.1. The lowest BCUT2D eigenvalue weighted by Crippen LogP contribution is -1.96. The maximum atomic E-state index is 6.15. The van der Waals surface area contributed by atoms with Crippen LogP contribution in [0.3, 0.4) is 0 Å². The van der Waals surface area contributed by atoms with E-state index in [-0.39, 0.29) is 0 Å². The summed E-state index contributed by atoms with van der Waals surface area (Å²) in [6.07, 6.45) is 0.548. The molecule has 0 bridgehead atoms. The highest BCUT2D eigenvalue weighted by molar-refractivity contribution is 7.71. The van der Waals surface area contributed by atoms with E-state index in [0.717, 1.165) is 66.1 Å². The highest BCUT2D eigenvalue weighted by Crippen LogP contribution is 2.38. The van der Waals surface area contributed by atoms with Crippen LogP contribution >= 0.6 is 24.4 Å². The molecule has 0 saturated heterocycles. The summed E-state index contributed by atoms with van der Waals surface area (Å²) in [4.78, 5) is 16.8. The predicted molar refractivity (Wildman–Crippen MR) is 167 cm³/mol. The molecule has 0 saturated carbocycles. The fourth-order valence-corrected chi connectivity index (χ4v) is 6.06. The Morgan fingerprint density at radius 2 is 0.902 bits per heavy atom. The summed E-state index contributed by atoms with van der Waals surface area (Å²) in [5.41, 5.74) is 7.17. The Hall–Kier alpha value is -4.92. The fourth-order valence-electron chi connectivity index (χ4n) is 5.56. The number of para-hydroxylation sites is 4. The summed E-state index contributed by atoms with van der Waals surface area (Å²) in [6.45, 7) is 0. The van der Waals surface area contributed by atoms with E-state index in [0.29, 0.717) is 27.6 Å². The number of aromatic nitrogens is 4. The minimum Gasteiger partial charge on any atom is -0.425 e. The number of nitrogens with zero attached hydrogens (tertiary/aromatic N) is 2. The van der Waals surface area contributed by atoms with E-state index in [2.05, 4.69) is 34.2 Å². The largest absolute Gasteiger partial charge is 0.425 e. The molecule has 0 radical (unpaired) electrons. The molecule has 6 nitrogen and oxygen atoms in total. The van der Waals surface area contributed by atoms with Gasteiger partial charge in [-0.2, -0.15) is 0 Å². The number of benzene rings is 4. The van der Waals surface area contributed by atoms with Gasteiger partial charge in [0.1, 0.15) is 11.4 Å².